The monoisotopic (exact) mass is 343 g/mol. The lowest BCUT2D eigenvalue weighted by atomic mass is 9.96. The molecule has 1 atom stereocenters. The first kappa shape index (κ1) is 17.6. The Morgan fingerprint density at radius 1 is 1.18 bits per heavy atom. The number of quaternary nitrogens is 1. The fourth-order valence-corrected chi connectivity index (χ4v) is 3.35. The highest BCUT2D eigenvalue weighted by atomic mass is 35.5. The maximum absolute atomic E-state index is 12.4. The van der Waals surface area contributed by atoms with Gasteiger partial charge in [-0.25, -0.2) is 0 Å². The van der Waals surface area contributed by atoms with E-state index >= 15 is 0 Å². The van der Waals surface area contributed by atoms with Crippen LogP contribution in [0.2, 0.25) is 10.0 Å². The molecule has 0 bridgehead atoms. The highest BCUT2D eigenvalue weighted by molar-refractivity contribution is 6.35. The van der Waals surface area contributed by atoms with Gasteiger partial charge in [-0.1, -0.05) is 42.5 Å². The Hall–Kier alpha value is -0.770. The lowest BCUT2D eigenvalue weighted by molar-refractivity contribution is -0.707. The summed E-state index contributed by atoms with van der Waals surface area (Å²) >= 11 is 12.0. The Balaban J connectivity index is 1.89. The van der Waals surface area contributed by atoms with E-state index in [4.69, 9.17) is 23.2 Å². The fourth-order valence-electron chi connectivity index (χ4n) is 3.02. The first-order valence-corrected chi connectivity index (χ1v) is 8.93. The van der Waals surface area contributed by atoms with E-state index in [1.807, 2.05) is 6.92 Å². The zero-order valence-corrected chi connectivity index (χ0v) is 14.6. The van der Waals surface area contributed by atoms with Crippen molar-refractivity contribution in [1.29, 1.82) is 0 Å². The molecule has 1 aromatic carbocycles. The number of rotatable bonds is 4. The van der Waals surface area contributed by atoms with Crippen LogP contribution in [0.3, 0.4) is 0 Å². The molecule has 0 unspecified atom stereocenters. The Morgan fingerprint density at radius 3 is 2.50 bits per heavy atom. The molecule has 0 aromatic heterocycles. The molecule has 0 aliphatic heterocycles. The molecule has 1 fully saturated rings. The summed E-state index contributed by atoms with van der Waals surface area (Å²) in [5.41, 5.74) is 0.581. The molecule has 22 heavy (non-hydrogen) atoms. The Kier molecular flexibility index (Phi) is 7.00. The van der Waals surface area contributed by atoms with Crippen molar-refractivity contribution in [3.05, 3.63) is 28.2 Å². The minimum atomic E-state index is -0.125. The zero-order chi connectivity index (χ0) is 15.9. The van der Waals surface area contributed by atoms with Crippen LogP contribution in [-0.2, 0) is 4.79 Å². The third kappa shape index (κ3) is 5.45. The van der Waals surface area contributed by atoms with E-state index < -0.39 is 0 Å². The Morgan fingerprint density at radius 2 is 1.82 bits per heavy atom. The molecular weight excluding hydrogens is 319 g/mol. The van der Waals surface area contributed by atoms with Crippen LogP contribution in [0.1, 0.15) is 51.9 Å². The summed E-state index contributed by atoms with van der Waals surface area (Å²) in [5.74, 6) is -0.0220. The quantitative estimate of drug-likeness (QED) is 0.852. The normalized spacial score (nSPS) is 18.3. The largest absolute Gasteiger partial charge is 0.334 e. The van der Waals surface area contributed by atoms with Gasteiger partial charge in [-0.05, 0) is 50.8 Å². The van der Waals surface area contributed by atoms with E-state index in [0.717, 1.165) is 0 Å². The van der Waals surface area contributed by atoms with Gasteiger partial charge < -0.3 is 10.6 Å². The molecule has 0 heterocycles. The molecular formula is C17H25Cl2N2O+. The maximum atomic E-state index is 12.4. The lowest BCUT2D eigenvalue weighted by Gasteiger charge is -2.21. The van der Waals surface area contributed by atoms with E-state index in [-0.39, 0.29) is 11.9 Å². The number of nitrogens with one attached hydrogen (secondary N) is 1. The molecule has 3 N–H and O–H groups in total. The number of amides is 1. The molecule has 0 radical (unpaired) electrons. The zero-order valence-electron chi connectivity index (χ0n) is 13.1. The number of hydrogen-bond donors (Lipinski definition) is 2. The molecule has 1 aliphatic rings. The second kappa shape index (κ2) is 8.76. The van der Waals surface area contributed by atoms with E-state index in [1.165, 1.54) is 44.9 Å². The molecule has 5 heteroatoms. The first-order valence-electron chi connectivity index (χ1n) is 8.17. The van der Waals surface area contributed by atoms with Gasteiger partial charge in [-0.3, -0.25) is 4.79 Å². The van der Waals surface area contributed by atoms with Crippen molar-refractivity contribution >= 4 is 34.8 Å². The number of carbonyl (C=O) groups excluding carboxylic acids is 1. The van der Waals surface area contributed by atoms with Crippen molar-refractivity contribution in [2.45, 2.75) is 64.0 Å². The van der Waals surface area contributed by atoms with Crippen LogP contribution in [0, 0.1) is 0 Å². The van der Waals surface area contributed by atoms with Crippen molar-refractivity contribution < 1.29 is 10.1 Å². The summed E-state index contributed by atoms with van der Waals surface area (Å²) < 4.78 is 0. The molecule has 0 spiro atoms. The van der Waals surface area contributed by atoms with Crippen molar-refractivity contribution in [2.75, 3.05) is 5.32 Å². The summed E-state index contributed by atoms with van der Waals surface area (Å²) in [6.07, 6.45) is 8.96. The number of benzene rings is 1. The highest BCUT2D eigenvalue weighted by Crippen LogP contribution is 2.25. The third-order valence-corrected chi connectivity index (χ3v) is 4.88. The number of anilines is 1. The van der Waals surface area contributed by atoms with Gasteiger partial charge in [0.1, 0.15) is 0 Å². The maximum Gasteiger partial charge on any atom is 0.282 e. The summed E-state index contributed by atoms with van der Waals surface area (Å²) in [5, 5.41) is 6.17. The average molecular weight is 344 g/mol. The van der Waals surface area contributed by atoms with Crippen LogP contribution in [-0.4, -0.2) is 18.0 Å². The van der Waals surface area contributed by atoms with Gasteiger partial charge in [0.2, 0.25) is 0 Å². The van der Waals surface area contributed by atoms with Gasteiger partial charge in [-0.15, -0.1) is 0 Å². The SMILES string of the molecule is C[C@@H]([NH2+]C1CCCCCCC1)C(=O)Nc1cc(Cl)ccc1Cl. The second-order valence-corrected chi connectivity index (χ2v) is 7.04. The molecule has 1 aromatic rings. The van der Waals surface area contributed by atoms with Gasteiger partial charge in [0.25, 0.3) is 5.91 Å². The minimum Gasteiger partial charge on any atom is -0.334 e. The van der Waals surface area contributed by atoms with Crippen LogP contribution < -0.4 is 10.6 Å². The van der Waals surface area contributed by atoms with Crippen LogP contribution in [0.15, 0.2) is 18.2 Å². The van der Waals surface area contributed by atoms with Crippen molar-refractivity contribution in [1.82, 2.24) is 0 Å². The van der Waals surface area contributed by atoms with Crippen molar-refractivity contribution in [3.8, 4) is 0 Å². The predicted molar refractivity (Wildman–Crippen MR) is 92.6 cm³/mol. The second-order valence-electron chi connectivity index (χ2n) is 6.20. The van der Waals surface area contributed by atoms with E-state index in [2.05, 4.69) is 10.6 Å². The number of hydrogen-bond acceptors (Lipinski definition) is 1. The van der Waals surface area contributed by atoms with Crippen molar-refractivity contribution in [3.63, 3.8) is 0 Å². The molecule has 122 valence electrons. The number of halogens is 2. The number of carbonyl (C=O) groups is 1. The van der Waals surface area contributed by atoms with E-state index in [0.29, 0.717) is 21.8 Å². The topological polar surface area (TPSA) is 45.7 Å². The van der Waals surface area contributed by atoms with Gasteiger partial charge in [0.05, 0.1) is 16.8 Å². The van der Waals surface area contributed by atoms with Crippen LogP contribution in [0.5, 0.6) is 0 Å². The third-order valence-electron chi connectivity index (χ3n) is 4.31. The predicted octanol–water partition coefficient (Wildman–Crippen LogP) is 4.00. The van der Waals surface area contributed by atoms with Gasteiger partial charge in [0, 0.05) is 5.02 Å². The molecule has 1 aliphatic carbocycles. The smallest absolute Gasteiger partial charge is 0.282 e. The molecule has 0 saturated heterocycles. The van der Waals surface area contributed by atoms with Gasteiger partial charge in [0.15, 0.2) is 6.04 Å². The van der Waals surface area contributed by atoms with E-state index in [1.54, 1.807) is 18.2 Å². The standard InChI is InChI=1S/C17H24Cl2N2O/c1-12(20-14-7-5-3-2-4-6-8-14)17(22)21-16-11-13(18)9-10-15(16)19/h9-12,14,20H,2-8H2,1H3,(H,21,22)/p+1/t12-/m1/s1. The summed E-state index contributed by atoms with van der Waals surface area (Å²) in [7, 11) is 0. The first-order chi connectivity index (χ1) is 10.6. The minimum absolute atomic E-state index is 0.0220. The summed E-state index contributed by atoms with van der Waals surface area (Å²) in [6.45, 7) is 1.95. The molecule has 1 saturated carbocycles. The van der Waals surface area contributed by atoms with E-state index in [9.17, 15) is 4.79 Å². The highest BCUT2D eigenvalue weighted by Gasteiger charge is 2.23. The van der Waals surface area contributed by atoms with Crippen LogP contribution in [0.25, 0.3) is 0 Å². The average Bonchev–Trinajstić information content (AvgIpc) is 2.45. The summed E-state index contributed by atoms with van der Waals surface area (Å²) in [6, 6.07) is 5.52. The van der Waals surface area contributed by atoms with Gasteiger partial charge in [-0.2, -0.15) is 0 Å². The Labute approximate surface area is 142 Å². The molecule has 1 amide bonds. The molecule has 2 rings (SSSR count). The summed E-state index contributed by atoms with van der Waals surface area (Å²) in [4.78, 5) is 12.4. The number of nitrogens with two attached hydrogens (primary N) is 1. The van der Waals surface area contributed by atoms with Crippen LogP contribution >= 0.6 is 23.2 Å². The molecule has 3 nitrogen and oxygen atoms in total. The fraction of sp³-hybridized carbons (Fsp3) is 0.588. The van der Waals surface area contributed by atoms with Crippen molar-refractivity contribution in [2.24, 2.45) is 0 Å². The van der Waals surface area contributed by atoms with Gasteiger partial charge >= 0.3 is 0 Å². The Bertz CT molecular complexity index is 499. The van der Waals surface area contributed by atoms with Crippen LogP contribution in [0.4, 0.5) is 5.69 Å². The lowest BCUT2D eigenvalue weighted by Crippen LogP contribution is -2.96.